The molecule has 3 aromatic rings. The molecule has 0 bridgehead atoms. The van der Waals surface area contributed by atoms with Gasteiger partial charge in [0.05, 0.1) is 21.3 Å². The van der Waals surface area contributed by atoms with Gasteiger partial charge in [-0.25, -0.2) is 0 Å². The van der Waals surface area contributed by atoms with Gasteiger partial charge in [0.25, 0.3) is 11.8 Å². The number of nitrogens with zero attached hydrogens (tertiary/aromatic N) is 1. The van der Waals surface area contributed by atoms with Crippen LogP contribution in [0.3, 0.4) is 0 Å². The molecule has 0 saturated heterocycles. The monoisotopic (exact) mass is 451 g/mol. The molecule has 2 heterocycles. The number of hydrogen-bond donors (Lipinski definition) is 2. The molecule has 8 heteroatoms. The first kappa shape index (κ1) is 20.8. The number of hydrogen-bond acceptors (Lipinski definition) is 4. The van der Waals surface area contributed by atoms with Crippen molar-refractivity contribution in [1.82, 2.24) is 10.3 Å². The highest BCUT2D eigenvalue weighted by Crippen LogP contribution is 2.29. The number of anilines is 1. The van der Waals surface area contributed by atoms with Crippen LogP contribution in [0.4, 0.5) is 5.69 Å². The summed E-state index contributed by atoms with van der Waals surface area (Å²) in [4.78, 5) is 42.0. The number of carbonyl (C=O) groups excluding carboxylic acids is 3. The Morgan fingerprint density at radius 2 is 1.77 bits per heavy atom. The van der Waals surface area contributed by atoms with Crippen molar-refractivity contribution in [1.29, 1.82) is 0 Å². The van der Waals surface area contributed by atoms with Crippen LogP contribution >= 0.6 is 23.2 Å². The summed E-state index contributed by atoms with van der Waals surface area (Å²) in [5.74, 6) is -1.34. The van der Waals surface area contributed by atoms with Crippen LogP contribution in [0.2, 0.25) is 10.0 Å². The van der Waals surface area contributed by atoms with Gasteiger partial charge >= 0.3 is 0 Å². The maximum Gasteiger partial charge on any atom is 0.259 e. The van der Waals surface area contributed by atoms with Crippen LogP contribution in [0.1, 0.15) is 31.8 Å². The Morgan fingerprint density at radius 1 is 1.00 bits per heavy atom. The Balaban J connectivity index is 1.59. The van der Waals surface area contributed by atoms with E-state index in [4.69, 9.17) is 23.2 Å². The quantitative estimate of drug-likeness (QED) is 0.450. The molecule has 2 aromatic carbocycles. The minimum absolute atomic E-state index is 0.0553. The van der Waals surface area contributed by atoms with Gasteiger partial charge in [-0.1, -0.05) is 29.3 Å². The van der Waals surface area contributed by atoms with E-state index in [1.54, 1.807) is 54.9 Å². The van der Waals surface area contributed by atoms with Crippen molar-refractivity contribution < 1.29 is 14.4 Å². The average Bonchev–Trinajstić information content (AvgIpc) is 2.78. The van der Waals surface area contributed by atoms with E-state index >= 15 is 0 Å². The van der Waals surface area contributed by atoms with E-state index in [9.17, 15) is 14.4 Å². The zero-order chi connectivity index (χ0) is 22.0. The predicted molar refractivity (Wildman–Crippen MR) is 119 cm³/mol. The third kappa shape index (κ3) is 4.50. The van der Waals surface area contributed by atoms with Crippen molar-refractivity contribution in [2.75, 3.05) is 5.32 Å². The molecule has 2 amide bonds. The Kier molecular flexibility index (Phi) is 5.84. The number of aromatic nitrogens is 1. The maximum atomic E-state index is 13.0. The molecule has 0 spiro atoms. The number of ketones is 1. The van der Waals surface area contributed by atoms with E-state index < -0.39 is 11.7 Å². The summed E-state index contributed by atoms with van der Waals surface area (Å²) < 4.78 is 0. The third-order valence-corrected chi connectivity index (χ3v) is 5.46. The van der Waals surface area contributed by atoms with Crippen LogP contribution in [-0.4, -0.2) is 22.6 Å². The standard InChI is InChI=1S/C23H15Cl2N3O3/c24-18-3-1-14(10-19(18)25)9-17-21(29)16-11-15(2-4-20(16)28-23(17)31)22(30)27-12-13-5-7-26-8-6-13/h1-11H,12H2,(H,27,30)(H,28,31)/b17-9-. The molecule has 0 aliphatic carbocycles. The molecule has 1 aliphatic rings. The van der Waals surface area contributed by atoms with Crippen LogP contribution in [0.15, 0.2) is 66.5 Å². The Bertz CT molecular complexity index is 1240. The molecule has 4 rings (SSSR count). The van der Waals surface area contributed by atoms with Crippen molar-refractivity contribution in [2.24, 2.45) is 0 Å². The van der Waals surface area contributed by atoms with Crippen LogP contribution in [0, 0.1) is 0 Å². The van der Waals surface area contributed by atoms with Gasteiger partial charge in [0.15, 0.2) is 0 Å². The van der Waals surface area contributed by atoms with E-state index in [1.807, 2.05) is 0 Å². The summed E-state index contributed by atoms with van der Waals surface area (Å²) in [6.45, 7) is 0.325. The number of benzene rings is 2. The predicted octanol–water partition coefficient (Wildman–Crippen LogP) is 4.54. The smallest absolute Gasteiger partial charge is 0.259 e. The highest BCUT2D eigenvalue weighted by Gasteiger charge is 2.29. The Hall–Kier alpha value is -3.48. The van der Waals surface area contributed by atoms with Crippen LogP contribution in [0.25, 0.3) is 6.08 Å². The highest BCUT2D eigenvalue weighted by molar-refractivity contribution is 6.42. The van der Waals surface area contributed by atoms with Gasteiger partial charge < -0.3 is 10.6 Å². The fourth-order valence-electron chi connectivity index (χ4n) is 3.11. The van der Waals surface area contributed by atoms with Gasteiger partial charge in [0, 0.05) is 30.1 Å². The van der Waals surface area contributed by atoms with Gasteiger partial charge in [-0.15, -0.1) is 0 Å². The molecular weight excluding hydrogens is 437 g/mol. The molecular formula is C23H15Cl2N3O3. The van der Waals surface area contributed by atoms with E-state index in [0.29, 0.717) is 33.4 Å². The molecule has 0 radical (unpaired) electrons. The van der Waals surface area contributed by atoms with E-state index in [0.717, 1.165) is 5.56 Å². The fraction of sp³-hybridized carbons (Fsp3) is 0.0435. The largest absolute Gasteiger partial charge is 0.348 e. The zero-order valence-electron chi connectivity index (χ0n) is 16.0. The minimum atomic E-state index is -0.529. The topological polar surface area (TPSA) is 88.2 Å². The zero-order valence-corrected chi connectivity index (χ0v) is 17.5. The summed E-state index contributed by atoms with van der Waals surface area (Å²) in [6, 6.07) is 13.0. The summed E-state index contributed by atoms with van der Waals surface area (Å²) >= 11 is 11.9. The molecule has 0 saturated carbocycles. The van der Waals surface area contributed by atoms with Gasteiger partial charge in [0.2, 0.25) is 5.78 Å². The van der Waals surface area contributed by atoms with Crippen molar-refractivity contribution in [3.05, 3.63) is 98.8 Å². The number of fused-ring (bicyclic) bond motifs is 1. The van der Waals surface area contributed by atoms with Crippen LogP contribution in [-0.2, 0) is 11.3 Å². The SMILES string of the molecule is O=C1Nc2ccc(C(=O)NCc3ccncc3)cc2C(=O)/C1=C/c1ccc(Cl)c(Cl)c1. The lowest BCUT2D eigenvalue weighted by Crippen LogP contribution is -2.28. The fourth-order valence-corrected chi connectivity index (χ4v) is 3.41. The molecule has 31 heavy (non-hydrogen) atoms. The summed E-state index contributed by atoms with van der Waals surface area (Å²) in [5, 5.41) is 6.17. The molecule has 0 fully saturated rings. The molecule has 1 aromatic heterocycles. The average molecular weight is 452 g/mol. The van der Waals surface area contributed by atoms with Crippen molar-refractivity contribution in [3.63, 3.8) is 0 Å². The summed E-state index contributed by atoms with van der Waals surface area (Å²) in [7, 11) is 0. The lowest BCUT2D eigenvalue weighted by Gasteiger charge is -2.19. The number of carbonyl (C=O) groups is 3. The van der Waals surface area contributed by atoms with E-state index in [-0.39, 0.29) is 17.0 Å². The van der Waals surface area contributed by atoms with Crippen molar-refractivity contribution >= 4 is 52.6 Å². The number of nitrogens with one attached hydrogen (secondary N) is 2. The van der Waals surface area contributed by atoms with Gasteiger partial charge in [-0.3, -0.25) is 19.4 Å². The van der Waals surface area contributed by atoms with E-state index in [2.05, 4.69) is 15.6 Å². The molecule has 0 atom stereocenters. The number of halogens is 2. The van der Waals surface area contributed by atoms with Crippen LogP contribution in [0.5, 0.6) is 0 Å². The summed E-state index contributed by atoms with van der Waals surface area (Å²) in [5.41, 5.74) is 2.31. The highest BCUT2D eigenvalue weighted by atomic mass is 35.5. The first-order chi connectivity index (χ1) is 14.9. The lowest BCUT2D eigenvalue weighted by molar-refractivity contribution is -0.112. The number of amides is 2. The maximum absolute atomic E-state index is 13.0. The normalized spacial score (nSPS) is 14.2. The first-order valence-electron chi connectivity index (χ1n) is 9.26. The number of Topliss-reactive ketones (excluding diaryl/α,β-unsaturated/α-hetero) is 1. The molecule has 0 unspecified atom stereocenters. The van der Waals surface area contributed by atoms with Gasteiger partial charge in [-0.05, 0) is 59.7 Å². The molecule has 1 aliphatic heterocycles. The third-order valence-electron chi connectivity index (χ3n) is 4.72. The van der Waals surface area contributed by atoms with Crippen molar-refractivity contribution in [2.45, 2.75) is 6.54 Å². The van der Waals surface area contributed by atoms with Gasteiger partial charge in [0.1, 0.15) is 0 Å². The van der Waals surface area contributed by atoms with Gasteiger partial charge in [-0.2, -0.15) is 0 Å². The molecule has 154 valence electrons. The first-order valence-corrected chi connectivity index (χ1v) is 10.0. The van der Waals surface area contributed by atoms with Crippen molar-refractivity contribution in [3.8, 4) is 0 Å². The number of pyridine rings is 1. The molecule has 6 nitrogen and oxygen atoms in total. The second kappa shape index (κ2) is 8.71. The summed E-state index contributed by atoms with van der Waals surface area (Å²) in [6.07, 6.45) is 4.73. The van der Waals surface area contributed by atoms with E-state index in [1.165, 1.54) is 12.1 Å². The second-order valence-corrected chi connectivity index (χ2v) is 7.63. The van der Waals surface area contributed by atoms with Crippen LogP contribution < -0.4 is 10.6 Å². The Morgan fingerprint density at radius 3 is 2.52 bits per heavy atom. The second-order valence-electron chi connectivity index (χ2n) is 6.81. The molecule has 2 N–H and O–H groups in total. The number of rotatable bonds is 4. The lowest BCUT2D eigenvalue weighted by atomic mass is 9.93. The Labute approximate surface area is 187 Å². The minimum Gasteiger partial charge on any atom is -0.348 e.